The molecule has 1 atom stereocenters. The molecular weight excluding hydrogens is 542 g/mol. The molecule has 7 nitrogen and oxygen atoms in total. The summed E-state index contributed by atoms with van der Waals surface area (Å²) < 4.78 is 78.7. The van der Waals surface area contributed by atoms with E-state index >= 15 is 0 Å². The van der Waals surface area contributed by atoms with E-state index in [9.17, 15) is 41.0 Å². The number of hydrogen-bond donors (Lipinski definition) is 3. The van der Waals surface area contributed by atoms with E-state index < -0.39 is 23.5 Å². The molecule has 4 rings (SSSR count). The molecule has 3 N–H and O–H groups in total. The van der Waals surface area contributed by atoms with Gasteiger partial charge in [0.2, 0.25) is 0 Å². The number of nitrogens with one attached hydrogen (secondary N) is 2. The van der Waals surface area contributed by atoms with Crippen molar-refractivity contribution in [1.82, 2.24) is 15.1 Å². The van der Waals surface area contributed by atoms with Crippen LogP contribution in [0.1, 0.15) is 41.3 Å². The molecule has 40 heavy (non-hydrogen) atoms. The second-order valence-corrected chi connectivity index (χ2v) is 10.3. The number of anilines is 1. The molecule has 1 unspecified atom stereocenters. The third kappa shape index (κ3) is 6.52. The third-order valence-electron chi connectivity index (χ3n) is 7.21. The van der Waals surface area contributed by atoms with Gasteiger partial charge in [0, 0.05) is 55.6 Å². The van der Waals surface area contributed by atoms with Crippen LogP contribution in [0, 0.1) is 5.92 Å². The van der Waals surface area contributed by atoms with Crippen LogP contribution in [-0.2, 0) is 12.1 Å². The van der Waals surface area contributed by atoms with Crippen molar-refractivity contribution in [3.05, 3.63) is 65.2 Å². The van der Waals surface area contributed by atoms with Gasteiger partial charge in [0.05, 0.1) is 0 Å². The molecule has 2 aromatic carbocycles. The topological polar surface area (TPSA) is 84.9 Å². The molecule has 1 heterocycles. The Hall–Kier alpha value is -3.32. The van der Waals surface area contributed by atoms with Crippen LogP contribution in [0.3, 0.4) is 0 Å². The van der Waals surface area contributed by atoms with Crippen molar-refractivity contribution in [2.24, 2.45) is 5.92 Å². The van der Waals surface area contributed by atoms with Gasteiger partial charge >= 0.3 is 18.4 Å². The monoisotopic (exact) mass is 572 g/mol. The molecule has 0 radical (unpaired) electrons. The number of halogens is 6. The van der Waals surface area contributed by atoms with Gasteiger partial charge in [0.25, 0.3) is 11.5 Å². The highest BCUT2D eigenvalue weighted by atomic mass is 19.4. The lowest BCUT2D eigenvalue weighted by atomic mass is 9.91. The van der Waals surface area contributed by atoms with E-state index in [1.807, 2.05) is 11.8 Å². The number of alkyl halides is 6. The van der Waals surface area contributed by atoms with E-state index in [-0.39, 0.29) is 24.5 Å². The first kappa shape index (κ1) is 29.7. The summed E-state index contributed by atoms with van der Waals surface area (Å²) in [6.45, 7) is 3.96. The van der Waals surface area contributed by atoms with Crippen LogP contribution < -0.4 is 10.6 Å². The van der Waals surface area contributed by atoms with Gasteiger partial charge in [-0.1, -0.05) is 24.3 Å². The van der Waals surface area contributed by atoms with Gasteiger partial charge in [-0.05, 0) is 55.5 Å². The van der Waals surface area contributed by atoms with E-state index in [4.69, 9.17) is 0 Å². The molecule has 3 amide bonds. The Bertz CT molecular complexity index is 1180. The van der Waals surface area contributed by atoms with Crippen molar-refractivity contribution in [2.75, 3.05) is 31.5 Å². The second kappa shape index (κ2) is 11.3. The lowest BCUT2D eigenvalue weighted by Gasteiger charge is -2.40. The quantitative estimate of drug-likeness (QED) is 0.413. The Morgan fingerprint density at radius 2 is 1.52 bits per heavy atom. The van der Waals surface area contributed by atoms with Crippen molar-refractivity contribution in [3.8, 4) is 0 Å². The minimum Gasteiger partial charge on any atom is -0.369 e. The lowest BCUT2D eigenvalue weighted by Crippen LogP contribution is -2.54. The van der Waals surface area contributed by atoms with E-state index in [1.54, 1.807) is 29.2 Å². The van der Waals surface area contributed by atoms with Crippen LogP contribution in [0.4, 0.5) is 36.8 Å². The summed E-state index contributed by atoms with van der Waals surface area (Å²) in [6.07, 6.45) is -9.63. The summed E-state index contributed by atoms with van der Waals surface area (Å²) in [7, 11) is 0. The first-order valence-electron chi connectivity index (χ1n) is 12.8. The average Bonchev–Trinajstić information content (AvgIpc) is 3.71. The zero-order chi connectivity index (χ0) is 29.3. The number of amides is 3. The zero-order valence-corrected chi connectivity index (χ0v) is 21.6. The van der Waals surface area contributed by atoms with Gasteiger partial charge in [0.1, 0.15) is 0 Å². The van der Waals surface area contributed by atoms with Gasteiger partial charge in [-0.3, -0.25) is 9.69 Å². The smallest absolute Gasteiger partial charge is 0.369 e. The lowest BCUT2D eigenvalue weighted by molar-refractivity contribution is -0.376. The average molecular weight is 573 g/mol. The number of aliphatic hydroxyl groups is 1. The Morgan fingerprint density at radius 3 is 2.05 bits per heavy atom. The first-order chi connectivity index (χ1) is 18.7. The van der Waals surface area contributed by atoms with Crippen molar-refractivity contribution in [3.63, 3.8) is 0 Å². The number of nitrogens with zero attached hydrogens (tertiary/aromatic N) is 2. The van der Waals surface area contributed by atoms with Crippen LogP contribution in [0.15, 0.2) is 48.5 Å². The van der Waals surface area contributed by atoms with Gasteiger partial charge in [-0.15, -0.1) is 0 Å². The normalized spacial score (nSPS) is 18.9. The third-order valence-corrected chi connectivity index (χ3v) is 7.21. The molecule has 2 fully saturated rings. The summed E-state index contributed by atoms with van der Waals surface area (Å²) in [4.78, 5) is 28.7. The van der Waals surface area contributed by atoms with Gasteiger partial charge in [0.15, 0.2) is 0 Å². The van der Waals surface area contributed by atoms with Crippen LogP contribution in [0.5, 0.6) is 0 Å². The summed E-state index contributed by atoms with van der Waals surface area (Å²) in [5.41, 5.74) is -4.80. The predicted molar refractivity (Wildman–Crippen MR) is 134 cm³/mol. The van der Waals surface area contributed by atoms with E-state index in [0.717, 1.165) is 25.0 Å². The number of urea groups is 1. The maximum absolute atomic E-state index is 13.1. The Labute approximate surface area is 227 Å². The molecule has 1 aliphatic carbocycles. The predicted octanol–water partition coefficient (Wildman–Crippen LogP) is 4.88. The molecule has 2 aromatic rings. The Morgan fingerprint density at radius 1 is 0.925 bits per heavy atom. The number of rotatable bonds is 7. The molecule has 1 saturated carbocycles. The van der Waals surface area contributed by atoms with Gasteiger partial charge in [-0.2, -0.15) is 26.3 Å². The van der Waals surface area contributed by atoms with Crippen LogP contribution in [0.2, 0.25) is 0 Å². The molecule has 0 aromatic heterocycles. The van der Waals surface area contributed by atoms with E-state index in [1.165, 1.54) is 0 Å². The second-order valence-electron chi connectivity index (χ2n) is 10.3. The molecule has 1 aliphatic heterocycles. The van der Waals surface area contributed by atoms with Crippen LogP contribution in [0.25, 0.3) is 0 Å². The molecule has 0 spiro atoms. The number of carbonyl (C=O) groups excluding carboxylic acids is 2. The highest BCUT2D eigenvalue weighted by Crippen LogP contribution is 2.50. The number of hydrogen-bond acceptors (Lipinski definition) is 4. The molecule has 1 saturated heterocycles. The summed E-state index contributed by atoms with van der Waals surface area (Å²) in [6, 6.07) is 9.55. The maximum atomic E-state index is 13.1. The molecule has 13 heteroatoms. The van der Waals surface area contributed by atoms with Crippen LogP contribution in [-0.4, -0.2) is 71.4 Å². The van der Waals surface area contributed by atoms with Crippen LogP contribution >= 0.6 is 0 Å². The standard InChI is InChI=1S/C27H30F6N4O3/c1-17-15-36(16-19-4-8-21(9-5-19)25(40,26(28,29)30)27(31,32)33)12-13-37(17)23(38)20-6-10-22(11-7-20)35-24(39)34-14-18-2-3-18/h4-11,17-18,40H,2-3,12-16H2,1H3,(H2,34,35,39). The number of piperazine rings is 1. The fourth-order valence-electron chi connectivity index (χ4n) is 4.67. The maximum Gasteiger partial charge on any atom is 0.430 e. The highest BCUT2D eigenvalue weighted by molar-refractivity contribution is 5.95. The largest absolute Gasteiger partial charge is 0.430 e. The highest BCUT2D eigenvalue weighted by Gasteiger charge is 2.71. The SMILES string of the molecule is CC1CN(Cc2ccc(C(O)(C(F)(F)F)C(F)(F)F)cc2)CCN1C(=O)c1ccc(NC(=O)NCC2CC2)cc1. The summed E-state index contributed by atoms with van der Waals surface area (Å²) >= 11 is 0. The number of benzene rings is 2. The summed E-state index contributed by atoms with van der Waals surface area (Å²) in [5, 5.41) is 15.1. The van der Waals surface area contributed by atoms with Gasteiger partial charge < -0.3 is 20.6 Å². The van der Waals surface area contributed by atoms with E-state index in [2.05, 4.69) is 10.6 Å². The molecule has 218 valence electrons. The van der Waals surface area contributed by atoms with Gasteiger partial charge in [-0.25, -0.2) is 4.79 Å². The van der Waals surface area contributed by atoms with Crippen molar-refractivity contribution < 1.29 is 41.0 Å². The molecule has 0 bridgehead atoms. The minimum absolute atomic E-state index is 0.195. The molecular formula is C27H30F6N4O3. The summed E-state index contributed by atoms with van der Waals surface area (Å²) in [5.74, 6) is 0.358. The van der Waals surface area contributed by atoms with Crippen molar-refractivity contribution in [2.45, 2.75) is 50.3 Å². The van der Waals surface area contributed by atoms with Crippen molar-refractivity contribution >= 4 is 17.6 Å². The minimum atomic E-state index is -5.94. The van der Waals surface area contributed by atoms with Crippen molar-refractivity contribution in [1.29, 1.82) is 0 Å². The first-order valence-corrected chi connectivity index (χ1v) is 12.8. The van der Waals surface area contributed by atoms with E-state index in [0.29, 0.717) is 61.0 Å². The zero-order valence-electron chi connectivity index (χ0n) is 21.6. The molecule has 2 aliphatic rings. The Kier molecular flexibility index (Phi) is 8.36. The fraction of sp³-hybridized carbons (Fsp3) is 0.481. The number of carbonyl (C=O) groups is 2. The fourth-order valence-corrected chi connectivity index (χ4v) is 4.67. The Balaban J connectivity index is 1.32.